The average Bonchev–Trinajstić information content (AvgIpc) is 3.39. The Labute approximate surface area is 188 Å². The highest BCUT2D eigenvalue weighted by Gasteiger charge is 2.26. The van der Waals surface area contributed by atoms with E-state index in [9.17, 15) is 5.11 Å². The van der Waals surface area contributed by atoms with Gasteiger partial charge in [-0.1, -0.05) is 24.3 Å². The number of hydrogen-bond donors (Lipinski definition) is 3. The molecule has 0 bridgehead atoms. The Hall–Kier alpha value is -2.33. The number of furan rings is 1. The van der Waals surface area contributed by atoms with Gasteiger partial charge in [0.05, 0.1) is 25.7 Å². The standard InChI is InChI=1S/C21H27N5O2.HI/c1-3-23-20(25-15-21(2,27)19-8-5-11-28-19)24-13-17-6-4-7-18(12-17)14-26-10-9-22-16-26;/h4-12,16,27H,3,13-15H2,1-2H3,(H2,23,24,25);1H. The normalized spacial score (nSPS) is 13.4. The van der Waals surface area contributed by atoms with E-state index >= 15 is 0 Å². The van der Waals surface area contributed by atoms with E-state index < -0.39 is 5.60 Å². The predicted octanol–water partition coefficient (Wildman–Crippen LogP) is 3.11. The highest BCUT2D eigenvalue weighted by Crippen LogP contribution is 2.19. The summed E-state index contributed by atoms with van der Waals surface area (Å²) >= 11 is 0. The van der Waals surface area contributed by atoms with Gasteiger partial charge in [0, 0.05) is 25.5 Å². The van der Waals surface area contributed by atoms with Crippen molar-refractivity contribution in [2.45, 2.75) is 32.5 Å². The summed E-state index contributed by atoms with van der Waals surface area (Å²) in [6.45, 7) is 6.05. The van der Waals surface area contributed by atoms with Gasteiger partial charge < -0.3 is 24.7 Å². The number of guanidine groups is 1. The molecule has 0 spiro atoms. The van der Waals surface area contributed by atoms with Gasteiger partial charge in [-0.3, -0.25) is 0 Å². The maximum Gasteiger partial charge on any atom is 0.191 e. The minimum atomic E-state index is -1.12. The second-order valence-corrected chi connectivity index (χ2v) is 6.85. The van der Waals surface area contributed by atoms with Crippen molar-refractivity contribution in [1.82, 2.24) is 20.2 Å². The van der Waals surface area contributed by atoms with Crippen molar-refractivity contribution in [1.29, 1.82) is 0 Å². The van der Waals surface area contributed by atoms with Crippen LogP contribution in [0.3, 0.4) is 0 Å². The van der Waals surface area contributed by atoms with Crippen LogP contribution in [0.25, 0.3) is 0 Å². The zero-order valence-electron chi connectivity index (χ0n) is 16.7. The van der Waals surface area contributed by atoms with Crippen molar-refractivity contribution in [2.24, 2.45) is 4.99 Å². The van der Waals surface area contributed by atoms with Gasteiger partial charge in [0.15, 0.2) is 5.96 Å². The molecule has 29 heavy (non-hydrogen) atoms. The largest absolute Gasteiger partial charge is 0.466 e. The molecule has 3 aromatic rings. The zero-order valence-corrected chi connectivity index (χ0v) is 19.0. The van der Waals surface area contributed by atoms with E-state index in [2.05, 4.69) is 38.8 Å². The van der Waals surface area contributed by atoms with Crippen LogP contribution in [0, 0.1) is 0 Å². The van der Waals surface area contributed by atoms with Crippen molar-refractivity contribution in [3.05, 3.63) is 78.3 Å². The van der Waals surface area contributed by atoms with Crippen molar-refractivity contribution in [3.8, 4) is 0 Å². The lowest BCUT2D eigenvalue weighted by Crippen LogP contribution is -2.44. The number of benzene rings is 1. The topological polar surface area (TPSA) is 87.6 Å². The van der Waals surface area contributed by atoms with Crippen LogP contribution in [0.2, 0.25) is 0 Å². The number of nitrogens with one attached hydrogen (secondary N) is 2. The van der Waals surface area contributed by atoms with Crippen LogP contribution in [-0.4, -0.2) is 33.7 Å². The molecular weight excluding hydrogens is 481 g/mol. The molecule has 0 aliphatic rings. The van der Waals surface area contributed by atoms with Crippen molar-refractivity contribution < 1.29 is 9.52 Å². The molecule has 1 aromatic carbocycles. The number of halogens is 1. The molecule has 0 amide bonds. The van der Waals surface area contributed by atoms with E-state index in [4.69, 9.17) is 4.42 Å². The van der Waals surface area contributed by atoms with Crippen LogP contribution < -0.4 is 10.6 Å². The van der Waals surface area contributed by atoms with Gasteiger partial charge in [0.25, 0.3) is 0 Å². The van der Waals surface area contributed by atoms with Crippen molar-refractivity contribution >= 4 is 29.9 Å². The van der Waals surface area contributed by atoms with E-state index in [1.165, 1.54) is 5.56 Å². The molecule has 8 heteroatoms. The predicted molar refractivity (Wildman–Crippen MR) is 124 cm³/mol. The van der Waals surface area contributed by atoms with Crippen molar-refractivity contribution in [3.63, 3.8) is 0 Å². The smallest absolute Gasteiger partial charge is 0.191 e. The number of hydrogen-bond acceptors (Lipinski definition) is 4. The number of imidazole rings is 1. The number of aromatic nitrogens is 2. The van der Waals surface area contributed by atoms with Crippen LogP contribution >= 0.6 is 24.0 Å². The third-order valence-corrected chi connectivity index (χ3v) is 4.33. The van der Waals surface area contributed by atoms with Gasteiger partial charge in [0.2, 0.25) is 0 Å². The summed E-state index contributed by atoms with van der Waals surface area (Å²) in [5.74, 6) is 1.16. The highest BCUT2D eigenvalue weighted by molar-refractivity contribution is 14.0. The second kappa shape index (κ2) is 11.0. The molecule has 0 aliphatic heterocycles. The summed E-state index contributed by atoms with van der Waals surface area (Å²) in [5.41, 5.74) is 1.20. The van der Waals surface area contributed by atoms with Gasteiger partial charge >= 0.3 is 0 Å². The number of rotatable bonds is 8. The fraction of sp³-hybridized carbons (Fsp3) is 0.333. The van der Waals surface area contributed by atoms with Crippen LogP contribution in [0.15, 0.2) is 70.8 Å². The molecule has 2 heterocycles. The molecule has 3 N–H and O–H groups in total. The molecule has 1 unspecified atom stereocenters. The molecule has 0 saturated carbocycles. The number of nitrogens with zero attached hydrogens (tertiary/aromatic N) is 3. The van der Waals surface area contributed by atoms with Crippen LogP contribution in [0.1, 0.15) is 30.7 Å². The highest BCUT2D eigenvalue weighted by atomic mass is 127. The molecule has 7 nitrogen and oxygen atoms in total. The first-order valence-electron chi connectivity index (χ1n) is 9.39. The van der Waals surface area contributed by atoms with Crippen molar-refractivity contribution in [2.75, 3.05) is 13.1 Å². The van der Waals surface area contributed by atoms with Gasteiger partial charge in [-0.05, 0) is 37.1 Å². The van der Waals surface area contributed by atoms with Gasteiger partial charge in [-0.25, -0.2) is 9.98 Å². The Balaban J connectivity index is 0.00000300. The lowest BCUT2D eigenvalue weighted by molar-refractivity contribution is 0.0386. The Kier molecular flexibility index (Phi) is 8.71. The Bertz CT molecular complexity index is 876. The van der Waals surface area contributed by atoms with E-state index in [-0.39, 0.29) is 30.5 Å². The second-order valence-electron chi connectivity index (χ2n) is 6.85. The van der Waals surface area contributed by atoms with Gasteiger partial charge in [-0.15, -0.1) is 24.0 Å². The monoisotopic (exact) mass is 509 g/mol. The van der Waals surface area contributed by atoms with E-state index in [0.717, 1.165) is 18.7 Å². The fourth-order valence-electron chi connectivity index (χ4n) is 2.86. The Morgan fingerprint density at radius 2 is 2.07 bits per heavy atom. The first-order chi connectivity index (χ1) is 13.6. The summed E-state index contributed by atoms with van der Waals surface area (Å²) in [4.78, 5) is 8.72. The average molecular weight is 509 g/mol. The van der Waals surface area contributed by atoms with Crippen LogP contribution in [-0.2, 0) is 18.7 Å². The summed E-state index contributed by atoms with van der Waals surface area (Å²) in [6.07, 6.45) is 7.09. The minimum Gasteiger partial charge on any atom is -0.466 e. The molecular formula is C21H28IN5O2. The quantitative estimate of drug-likeness (QED) is 0.247. The summed E-state index contributed by atoms with van der Waals surface area (Å²) in [5, 5.41) is 17.0. The fourth-order valence-corrected chi connectivity index (χ4v) is 2.86. The SMILES string of the molecule is CCNC(=NCc1cccc(Cn2ccnc2)c1)NCC(C)(O)c1ccco1.I. The van der Waals surface area contributed by atoms with E-state index in [1.807, 2.05) is 30.1 Å². The maximum atomic E-state index is 10.6. The Morgan fingerprint density at radius 3 is 2.76 bits per heavy atom. The van der Waals surface area contributed by atoms with E-state index in [0.29, 0.717) is 18.3 Å². The maximum absolute atomic E-state index is 10.6. The summed E-state index contributed by atoms with van der Waals surface area (Å²) < 4.78 is 7.35. The lowest BCUT2D eigenvalue weighted by Gasteiger charge is -2.22. The number of aliphatic imine (C=N–C) groups is 1. The molecule has 0 saturated heterocycles. The van der Waals surface area contributed by atoms with E-state index in [1.54, 1.807) is 31.5 Å². The zero-order chi connectivity index (χ0) is 19.8. The third kappa shape index (κ3) is 6.90. The van der Waals surface area contributed by atoms with Crippen LogP contribution in [0.4, 0.5) is 0 Å². The van der Waals surface area contributed by atoms with Crippen LogP contribution in [0.5, 0.6) is 0 Å². The molecule has 0 aliphatic carbocycles. The van der Waals surface area contributed by atoms with Gasteiger partial charge in [0.1, 0.15) is 11.4 Å². The Morgan fingerprint density at radius 1 is 1.24 bits per heavy atom. The molecule has 0 radical (unpaired) electrons. The molecule has 1 atom stereocenters. The first kappa shape index (κ1) is 23.0. The molecule has 3 rings (SSSR count). The molecule has 2 aromatic heterocycles. The first-order valence-corrected chi connectivity index (χ1v) is 9.39. The summed E-state index contributed by atoms with van der Waals surface area (Å²) in [7, 11) is 0. The molecule has 0 fully saturated rings. The minimum absolute atomic E-state index is 0. The van der Waals surface area contributed by atoms with Gasteiger partial charge in [-0.2, -0.15) is 0 Å². The number of aliphatic hydroxyl groups is 1. The molecule has 156 valence electrons. The lowest BCUT2D eigenvalue weighted by atomic mass is 10.0. The summed E-state index contributed by atoms with van der Waals surface area (Å²) in [6, 6.07) is 11.9. The third-order valence-electron chi connectivity index (χ3n) is 4.33.